The van der Waals surface area contributed by atoms with E-state index in [1.807, 2.05) is 0 Å². The molecular weight excluding hydrogens is 279 g/mol. The minimum Gasteiger partial charge on any atom is -0.368 e. The van der Waals surface area contributed by atoms with Crippen LogP contribution in [0.1, 0.15) is 31.3 Å². The molecule has 1 aromatic rings. The van der Waals surface area contributed by atoms with Crippen LogP contribution in [0.2, 0.25) is 0 Å². The van der Waals surface area contributed by atoms with Gasteiger partial charge in [-0.1, -0.05) is 13.8 Å². The van der Waals surface area contributed by atoms with Gasteiger partial charge in [-0.15, -0.1) is 0 Å². The minimum absolute atomic E-state index is 0.0597. The number of halogens is 3. The van der Waals surface area contributed by atoms with Gasteiger partial charge >= 0.3 is 6.18 Å². The van der Waals surface area contributed by atoms with E-state index in [1.165, 1.54) is 0 Å². The molecule has 1 unspecified atom stereocenters. The zero-order valence-electron chi connectivity index (χ0n) is 10.8. The summed E-state index contributed by atoms with van der Waals surface area (Å²) < 4.78 is 40.9. The molecule has 0 saturated carbocycles. The van der Waals surface area contributed by atoms with Crippen LogP contribution >= 0.6 is 11.5 Å². The van der Waals surface area contributed by atoms with Crippen LogP contribution in [0.25, 0.3) is 0 Å². The fourth-order valence-electron chi connectivity index (χ4n) is 1.38. The number of nitrogens with one attached hydrogen (secondary N) is 1. The van der Waals surface area contributed by atoms with E-state index in [-0.39, 0.29) is 18.2 Å². The van der Waals surface area contributed by atoms with Crippen molar-refractivity contribution in [1.82, 2.24) is 9.69 Å². The molecule has 3 N–H and O–H groups in total. The zero-order valence-corrected chi connectivity index (χ0v) is 11.7. The standard InChI is InChI=1S/C11H16F3N3OS/c1-6(2)10(3,9(15)18)16-5-7-4-8(19-17-7)11(12,13)14/h4,6,16H,5H2,1-3H3,(H2,15,18). The lowest BCUT2D eigenvalue weighted by molar-refractivity contribution is -0.134. The van der Waals surface area contributed by atoms with Crippen molar-refractivity contribution in [2.75, 3.05) is 0 Å². The number of alkyl halides is 3. The Hall–Kier alpha value is -1.15. The molecule has 108 valence electrons. The van der Waals surface area contributed by atoms with Crippen LogP contribution < -0.4 is 11.1 Å². The van der Waals surface area contributed by atoms with E-state index in [0.717, 1.165) is 6.07 Å². The summed E-state index contributed by atoms with van der Waals surface area (Å²) in [5.74, 6) is -0.639. The normalized spacial score (nSPS) is 15.5. The molecule has 0 radical (unpaired) electrons. The first-order valence-corrected chi connectivity index (χ1v) is 6.42. The summed E-state index contributed by atoms with van der Waals surface area (Å²) in [4.78, 5) is 10.7. The van der Waals surface area contributed by atoms with Gasteiger partial charge in [0.25, 0.3) is 0 Å². The van der Waals surface area contributed by atoms with E-state index < -0.39 is 22.5 Å². The lowest BCUT2D eigenvalue weighted by Gasteiger charge is -2.31. The van der Waals surface area contributed by atoms with Crippen LogP contribution in [0.5, 0.6) is 0 Å². The first-order valence-electron chi connectivity index (χ1n) is 5.65. The smallest absolute Gasteiger partial charge is 0.368 e. The maximum absolute atomic E-state index is 12.4. The Morgan fingerprint density at radius 1 is 1.53 bits per heavy atom. The summed E-state index contributed by atoms with van der Waals surface area (Å²) >= 11 is 0.393. The number of nitrogens with zero attached hydrogens (tertiary/aromatic N) is 1. The molecular formula is C11H16F3N3OS. The zero-order chi connectivity index (χ0) is 14.8. The fraction of sp³-hybridized carbons (Fsp3) is 0.636. The molecule has 0 spiro atoms. The second-order valence-corrected chi connectivity index (χ2v) is 5.56. The topological polar surface area (TPSA) is 68.0 Å². The monoisotopic (exact) mass is 295 g/mol. The van der Waals surface area contributed by atoms with Crippen molar-refractivity contribution >= 4 is 17.4 Å². The molecule has 1 aromatic heterocycles. The number of rotatable bonds is 5. The Bertz CT molecular complexity index is 458. The van der Waals surface area contributed by atoms with Gasteiger partial charge in [-0.25, -0.2) is 0 Å². The second-order valence-electron chi connectivity index (χ2n) is 4.76. The number of hydrogen-bond acceptors (Lipinski definition) is 4. The number of aromatic nitrogens is 1. The Morgan fingerprint density at radius 2 is 2.11 bits per heavy atom. The first kappa shape index (κ1) is 15.9. The van der Waals surface area contributed by atoms with Gasteiger partial charge in [0, 0.05) is 6.54 Å². The third-order valence-corrected chi connectivity index (χ3v) is 4.01. The molecule has 0 bridgehead atoms. The second kappa shape index (κ2) is 5.46. The van der Waals surface area contributed by atoms with Crippen LogP contribution in [0, 0.1) is 5.92 Å². The minimum atomic E-state index is -4.39. The molecule has 1 heterocycles. The molecule has 0 aliphatic carbocycles. The number of hydrogen-bond donors (Lipinski definition) is 2. The van der Waals surface area contributed by atoms with Gasteiger partial charge in [-0.3, -0.25) is 10.1 Å². The predicted molar refractivity (Wildman–Crippen MR) is 66.4 cm³/mol. The third-order valence-electron chi connectivity index (χ3n) is 3.14. The van der Waals surface area contributed by atoms with E-state index in [0.29, 0.717) is 11.5 Å². The number of nitrogens with two attached hydrogens (primary N) is 1. The van der Waals surface area contributed by atoms with Crippen LogP contribution in [0.15, 0.2) is 6.07 Å². The highest BCUT2D eigenvalue weighted by Gasteiger charge is 2.36. The molecule has 19 heavy (non-hydrogen) atoms. The van der Waals surface area contributed by atoms with Crippen LogP contribution in [0.4, 0.5) is 13.2 Å². The van der Waals surface area contributed by atoms with Gasteiger partial charge in [-0.05, 0) is 30.4 Å². The van der Waals surface area contributed by atoms with Crippen LogP contribution in [-0.2, 0) is 17.5 Å². The number of amides is 1. The molecule has 0 aliphatic heterocycles. The average Bonchev–Trinajstić information content (AvgIpc) is 2.73. The van der Waals surface area contributed by atoms with E-state index in [2.05, 4.69) is 9.69 Å². The van der Waals surface area contributed by atoms with E-state index in [4.69, 9.17) is 5.73 Å². The van der Waals surface area contributed by atoms with Gasteiger partial charge in [-0.2, -0.15) is 17.5 Å². The van der Waals surface area contributed by atoms with Crippen molar-refractivity contribution < 1.29 is 18.0 Å². The van der Waals surface area contributed by atoms with Crippen molar-refractivity contribution in [2.45, 2.75) is 39.0 Å². The van der Waals surface area contributed by atoms with Gasteiger partial charge in [0.05, 0.1) is 11.2 Å². The van der Waals surface area contributed by atoms with Gasteiger partial charge in [0.1, 0.15) is 4.88 Å². The van der Waals surface area contributed by atoms with Crippen molar-refractivity contribution in [3.63, 3.8) is 0 Å². The van der Waals surface area contributed by atoms with Gasteiger partial charge in [0.2, 0.25) is 5.91 Å². The summed E-state index contributed by atoms with van der Waals surface area (Å²) in [5.41, 5.74) is 4.57. The average molecular weight is 295 g/mol. The molecule has 0 fully saturated rings. The number of primary amides is 1. The summed E-state index contributed by atoms with van der Waals surface area (Å²) in [7, 11) is 0. The predicted octanol–water partition coefficient (Wildman–Crippen LogP) is 2.15. The van der Waals surface area contributed by atoms with Gasteiger partial charge in [0.15, 0.2) is 0 Å². The van der Waals surface area contributed by atoms with Crippen LogP contribution in [0.3, 0.4) is 0 Å². The Balaban J connectivity index is 2.76. The highest BCUT2D eigenvalue weighted by atomic mass is 32.1. The number of carbonyl (C=O) groups is 1. The first-order chi connectivity index (χ1) is 8.57. The van der Waals surface area contributed by atoms with Crippen molar-refractivity contribution in [2.24, 2.45) is 11.7 Å². The van der Waals surface area contributed by atoms with E-state index in [1.54, 1.807) is 20.8 Å². The summed E-state index contributed by atoms with van der Waals surface area (Å²) in [6, 6.07) is 0.972. The van der Waals surface area contributed by atoms with Gasteiger partial charge < -0.3 is 5.73 Å². The fourth-order valence-corrected chi connectivity index (χ4v) is 2.00. The highest BCUT2D eigenvalue weighted by Crippen LogP contribution is 2.32. The quantitative estimate of drug-likeness (QED) is 0.874. The van der Waals surface area contributed by atoms with Crippen molar-refractivity contribution in [3.8, 4) is 0 Å². The molecule has 1 rings (SSSR count). The van der Waals surface area contributed by atoms with E-state index >= 15 is 0 Å². The molecule has 0 aromatic carbocycles. The summed E-state index contributed by atoms with van der Waals surface area (Å²) in [5, 5.41) is 2.88. The number of carbonyl (C=O) groups excluding carboxylic acids is 1. The molecule has 1 amide bonds. The maximum atomic E-state index is 12.4. The lowest BCUT2D eigenvalue weighted by Crippen LogP contribution is -2.56. The molecule has 1 atom stereocenters. The molecule has 0 saturated heterocycles. The molecule has 4 nitrogen and oxygen atoms in total. The van der Waals surface area contributed by atoms with E-state index in [9.17, 15) is 18.0 Å². The Labute approximate surface area is 113 Å². The lowest BCUT2D eigenvalue weighted by atomic mass is 9.87. The summed E-state index contributed by atoms with van der Waals surface area (Å²) in [6.07, 6.45) is -4.39. The maximum Gasteiger partial charge on any atom is 0.427 e. The largest absolute Gasteiger partial charge is 0.427 e. The SMILES string of the molecule is CC(C)C(C)(NCc1cc(C(F)(F)F)sn1)C(N)=O. The van der Waals surface area contributed by atoms with Crippen LogP contribution in [-0.4, -0.2) is 15.8 Å². The van der Waals surface area contributed by atoms with Crippen molar-refractivity contribution in [3.05, 3.63) is 16.6 Å². The highest BCUT2D eigenvalue weighted by molar-refractivity contribution is 7.05. The Kier molecular flexibility index (Phi) is 4.57. The Morgan fingerprint density at radius 3 is 2.47 bits per heavy atom. The molecule has 8 heteroatoms. The molecule has 0 aliphatic rings. The van der Waals surface area contributed by atoms with Crippen molar-refractivity contribution in [1.29, 1.82) is 0 Å². The third kappa shape index (κ3) is 3.66. The summed E-state index contributed by atoms with van der Waals surface area (Å²) in [6.45, 7) is 5.29.